The molecule has 0 amide bonds. The molecule has 0 unspecified atom stereocenters. The molecule has 2 aromatic carbocycles. The molecule has 2 aromatic rings. The Bertz CT molecular complexity index is 921. The quantitative estimate of drug-likeness (QED) is 0.128. The van der Waals surface area contributed by atoms with Crippen LogP contribution < -0.4 is 4.74 Å². The van der Waals surface area contributed by atoms with Crippen LogP contribution in [0.2, 0.25) is 0 Å². The molecule has 192 valence electrons. The Morgan fingerprint density at radius 1 is 0.765 bits per heavy atom. The van der Waals surface area contributed by atoms with E-state index in [1.165, 1.54) is 75.5 Å². The van der Waals surface area contributed by atoms with E-state index in [-0.39, 0.29) is 23.9 Å². The van der Waals surface area contributed by atoms with Crippen molar-refractivity contribution in [2.75, 3.05) is 13.2 Å². The predicted molar refractivity (Wildman–Crippen MR) is 150 cm³/mol. The number of ether oxygens (including phenoxy) is 1. The molecular formula is C26H37Br2ClO4S. The zero-order valence-corrected chi connectivity index (χ0v) is 24.7. The summed E-state index contributed by atoms with van der Waals surface area (Å²) in [5.41, 5.74) is 1.31. The Morgan fingerprint density at radius 2 is 1.38 bits per heavy atom. The van der Waals surface area contributed by atoms with E-state index in [0.717, 1.165) is 21.1 Å². The summed E-state index contributed by atoms with van der Waals surface area (Å²) in [7, 11) is -3.74. The van der Waals surface area contributed by atoms with Crippen molar-refractivity contribution in [2.45, 2.75) is 82.4 Å². The molecule has 0 N–H and O–H groups in total. The van der Waals surface area contributed by atoms with Crippen molar-refractivity contribution in [3.63, 3.8) is 0 Å². The largest absolute Gasteiger partial charge is 0.492 e. The van der Waals surface area contributed by atoms with E-state index in [4.69, 9.17) is 8.92 Å². The van der Waals surface area contributed by atoms with Crippen LogP contribution in [0.4, 0.5) is 0 Å². The topological polar surface area (TPSA) is 52.6 Å². The summed E-state index contributed by atoms with van der Waals surface area (Å²) in [6, 6.07) is 12.6. The maximum Gasteiger partial charge on any atom is 0.296 e. The minimum absolute atomic E-state index is 0. The second-order valence-corrected chi connectivity index (χ2v) is 11.7. The van der Waals surface area contributed by atoms with Crippen LogP contribution >= 0.6 is 44.3 Å². The summed E-state index contributed by atoms with van der Waals surface area (Å²) in [6.07, 6.45) is 13.6. The van der Waals surface area contributed by atoms with Crippen LogP contribution in [-0.4, -0.2) is 21.6 Å². The fraction of sp³-hybridized carbons (Fsp3) is 0.538. The number of rotatable bonds is 17. The van der Waals surface area contributed by atoms with Gasteiger partial charge in [0, 0.05) is 10.9 Å². The van der Waals surface area contributed by atoms with Crippen LogP contribution in [0.25, 0.3) is 0 Å². The molecule has 2 rings (SSSR count). The minimum atomic E-state index is -3.74. The summed E-state index contributed by atoms with van der Waals surface area (Å²) < 4.78 is 37.0. The molecule has 0 spiro atoms. The minimum Gasteiger partial charge on any atom is -0.492 e. The summed E-state index contributed by atoms with van der Waals surface area (Å²) >= 11 is 6.88. The lowest BCUT2D eigenvalue weighted by molar-refractivity contribution is 0.250. The lowest BCUT2D eigenvalue weighted by atomic mass is 10.0. The van der Waals surface area contributed by atoms with Crippen LogP contribution in [0.5, 0.6) is 5.75 Å². The molecule has 0 saturated carbocycles. The van der Waals surface area contributed by atoms with E-state index in [0.29, 0.717) is 13.0 Å². The normalized spacial score (nSPS) is 11.3. The highest BCUT2D eigenvalue weighted by atomic mass is 79.9. The van der Waals surface area contributed by atoms with Gasteiger partial charge < -0.3 is 4.74 Å². The van der Waals surface area contributed by atoms with Gasteiger partial charge in [0.2, 0.25) is 0 Å². The molecule has 0 bridgehead atoms. The third-order valence-corrected chi connectivity index (χ3v) is 7.93. The first kappa shape index (κ1) is 31.4. The van der Waals surface area contributed by atoms with E-state index >= 15 is 0 Å². The fourth-order valence-corrected chi connectivity index (χ4v) is 5.28. The Hall–Kier alpha value is -0.600. The van der Waals surface area contributed by atoms with E-state index in [1.54, 1.807) is 12.1 Å². The second-order valence-electron chi connectivity index (χ2n) is 8.28. The number of aryl methyl sites for hydroxylation is 1. The van der Waals surface area contributed by atoms with E-state index in [1.807, 2.05) is 6.07 Å². The fourth-order valence-electron chi connectivity index (χ4n) is 3.54. The molecule has 0 aliphatic rings. The van der Waals surface area contributed by atoms with E-state index in [2.05, 4.69) is 50.9 Å². The van der Waals surface area contributed by atoms with E-state index in [9.17, 15) is 8.42 Å². The molecule has 0 heterocycles. The van der Waals surface area contributed by atoms with Gasteiger partial charge in [0.15, 0.2) is 0 Å². The highest BCUT2D eigenvalue weighted by Gasteiger charge is 2.14. The van der Waals surface area contributed by atoms with Crippen LogP contribution in [-0.2, 0) is 20.7 Å². The molecule has 0 aliphatic carbocycles. The third kappa shape index (κ3) is 12.4. The zero-order valence-electron chi connectivity index (χ0n) is 19.9. The summed E-state index contributed by atoms with van der Waals surface area (Å²) in [6.45, 7) is 2.72. The number of benzene rings is 2. The standard InChI is InChI=1S/C26H36Br2O4S.ClH/c1-2-3-4-5-6-7-8-9-10-12-22-13-18-26(25(28)21-22)31-19-11-20-32-33(29,30)24-16-14-23(27)15-17-24;/h13-18,21H,2-12,19-20H2,1H3;1H. The first-order valence-corrected chi connectivity index (χ1v) is 15.0. The predicted octanol–water partition coefficient (Wildman–Crippen LogP) is 8.88. The second kappa shape index (κ2) is 17.8. The average Bonchev–Trinajstić information content (AvgIpc) is 2.79. The third-order valence-electron chi connectivity index (χ3n) is 5.45. The van der Waals surface area contributed by atoms with Crippen molar-refractivity contribution in [2.24, 2.45) is 0 Å². The number of halogens is 3. The zero-order chi connectivity index (χ0) is 23.9. The number of hydrogen-bond donors (Lipinski definition) is 0. The van der Waals surface area contributed by atoms with Crippen molar-refractivity contribution >= 4 is 54.4 Å². The first-order chi connectivity index (χ1) is 15.9. The molecule has 0 radical (unpaired) electrons. The Morgan fingerprint density at radius 3 is 2.00 bits per heavy atom. The van der Waals surface area contributed by atoms with E-state index < -0.39 is 10.1 Å². The van der Waals surface area contributed by atoms with Gasteiger partial charge in [0.1, 0.15) is 5.75 Å². The molecule has 4 nitrogen and oxygen atoms in total. The van der Waals surface area contributed by atoms with Gasteiger partial charge in [-0.25, -0.2) is 0 Å². The summed E-state index contributed by atoms with van der Waals surface area (Å²) in [4.78, 5) is 0.150. The maximum absolute atomic E-state index is 12.2. The monoisotopic (exact) mass is 638 g/mol. The molecule has 0 atom stereocenters. The Balaban J connectivity index is 0.00000578. The first-order valence-electron chi connectivity index (χ1n) is 12.0. The Labute approximate surface area is 229 Å². The smallest absolute Gasteiger partial charge is 0.296 e. The SMILES string of the molecule is CCCCCCCCCCCc1ccc(OCCCOS(=O)(=O)c2ccc(Br)cc2)c(Br)c1.Cl. The van der Waals surface area contributed by atoms with Crippen molar-refractivity contribution in [1.29, 1.82) is 0 Å². The van der Waals surface area contributed by atoms with Crippen molar-refractivity contribution in [3.05, 3.63) is 57.0 Å². The van der Waals surface area contributed by atoms with Crippen molar-refractivity contribution in [3.8, 4) is 5.75 Å². The summed E-state index contributed by atoms with van der Waals surface area (Å²) in [5.74, 6) is 0.765. The van der Waals surface area contributed by atoms with Crippen LogP contribution in [0.15, 0.2) is 56.3 Å². The van der Waals surface area contributed by atoms with Crippen molar-refractivity contribution < 1.29 is 17.3 Å². The average molecular weight is 641 g/mol. The highest BCUT2D eigenvalue weighted by molar-refractivity contribution is 9.10. The summed E-state index contributed by atoms with van der Waals surface area (Å²) in [5, 5.41) is 0. The highest BCUT2D eigenvalue weighted by Crippen LogP contribution is 2.27. The number of unbranched alkanes of at least 4 members (excludes halogenated alkanes) is 8. The maximum atomic E-state index is 12.2. The van der Waals surface area contributed by atoms with Crippen molar-refractivity contribution in [1.82, 2.24) is 0 Å². The Kier molecular flexibility index (Phi) is 16.4. The molecule has 0 aromatic heterocycles. The molecular weight excluding hydrogens is 604 g/mol. The molecule has 34 heavy (non-hydrogen) atoms. The molecule has 8 heteroatoms. The van der Waals surface area contributed by atoms with Gasteiger partial charge >= 0.3 is 0 Å². The van der Waals surface area contributed by atoms with Crippen LogP contribution in [0.3, 0.4) is 0 Å². The molecule has 0 fully saturated rings. The lowest BCUT2D eigenvalue weighted by Gasteiger charge is -2.10. The van der Waals surface area contributed by atoms with Crippen LogP contribution in [0, 0.1) is 0 Å². The molecule has 0 aliphatic heterocycles. The van der Waals surface area contributed by atoms with Gasteiger partial charge in [0.25, 0.3) is 10.1 Å². The van der Waals surface area contributed by atoms with Gasteiger partial charge in [-0.15, -0.1) is 12.4 Å². The van der Waals surface area contributed by atoms with Gasteiger partial charge in [-0.1, -0.05) is 80.3 Å². The lowest BCUT2D eigenvalue weighted by Crippen LogP contribution is -2.10. The van der Waals surface area contributed by atoms with Gasteiger partial charge in [-0.2, -0.15) is 8.42 Å². The number of hydrogen-bond acceptors (Lipinski definition) is 4. The van der Waals surface area contributed by atoms with Crippen LogP contribution in [0.1, 0.15) is 76.7 Å². The van der Waals surface area contributed by atoms with Gasteiger partial charge in [-0.3, -0.25) is 4.18 Å². The molecule has 0 saturated heterocycles. The van der Waals surface area contributed by atoms with Gasteiger partial charge in [0.05, 0.1) is 22.6 Å². The van der Waals surface area contributed by atoms with Gasteiger partial charge in [-0.05, 0) is 70.7 Å².